The zero-order chi connectivity index (χ0) is 72.3. The maximum Gasteiger partial charge on any atom is 0.472 e. The molecule has 0 radical (unpaired) electrons. The molecule has 0 spiro atoms. The molecular weight excluding hydrogens is 1280 g/mol. The Morgan fingerprint density at radius 1 is 0.276 bits per heavy atom. The molecule has 2 unspecified atom stereocenters. The Bertz CT molecular complexity index is 1900. The molecule has 0 aliphatic rings. The lowest BCUT2D eigenvalue weighted by Crippen LogP contribution is -2.30. The van der Waals surface area contributed by atoms with Gasteiger partial charge in [-0.05, 0) is 43.4 Å². The van der Waals surface area contributed by atoms with E-state index >= 15 is 0 Å². The molecular formula is C79H154O17P2. The van der Waals surface area contributed by atoms with Gasteiger partial charge in [0.05, 0.1) is 26.4 Å². The number of unbranched alkanes of at least 4 members (excludes halogenated alkanes) is 45. The SMILES string of the molecule is CCCCCCCCCCCCCCCCCCC(=O)O[C@H](COC(=O)CCCCCCCCCC(C)C)COP(=O)(O)OC[C@H](O)COP(=O)(O)OC[C@@H](COC(=O)CCCCCCCCCCCCCCCC(C)C)OC(=O)CCCCCCCCCCCCCCCC(C)C. The van der Waals surface area contributed by atoms with E-state index in [1.54, 1.807) is 0 Å². The second-order valence-electron chi connectivity index (χ2n) is 29.9. The summed E-state index contributed by atoms with van der Waals surface area (Å²) >= 11 is 0. The van der Waals surface area contributed by atoms with Gasteiger partial charge in [-0.25, -0.2) is 9.13 Å². The summed E-state index contributed by atoms with van der Waals surface area (Å²) < 4.78 is 68.7. The first-order valence-electron chi connectivity index (χ1n) is 40.8. The lowest BCUT2D eigenvalue weighted by molar-refractivity contribution is -0.161. The van der Waals surface area contributed by atoms with Crippen LogP contribution in [0.15, 0.2) is 0 Å². The fraction of sp³-hybridized carbons (Fsp3) is 0.949. The topological polar surface area (TPSA) is 237 Å². The molecule has 0 fully saturated rings. The first-order chi connectivity index (χ1) is 47.2. The Morgan fingerprint density at radius 3 is 0.694 bits per heavy atom. The molecule has 0 heterocycles. The van der Waals surface area contributed by atoms with Crippen LogP contribution in [0.5, 0.6) is 0 Å². The molecule has 19 heteroatoms. The van der Waals surface area contributed by atoms with Gasteiger partial charge in [-0.1, -0.05) is 357 Å². The Hall–Kier alpha value is -1.94. The lowest BCUT2D eigenvalue weighted by Gasteiger charge is -2.21. The minimum Gasteiger partial charge on any atom is -0.462 e. The monoisotopic (exact) mass is 1440 g/mol. The van der Waals surface area contributed by atoms with E-state index in [1.165, 1.54) is 212 Å². The highest BCUT2D eigenvalue weighted by Crippen LogP contribution is 2.45. The number of aliphatic hydroxyl groups excluding tert-OH is 1. The van der Waals surface area contributed by atoms with Gasteiger partial charge in [0.1, 0.15) is 19.3 Å². The van der Waals surface area contributed by atoms with Crippen LogP contribution in [-0.2, 0) is 65.4 Å². The third-order valence-corrected chi connectivity index (χ3v) is 20.3. The summed E-state index contributed by atoms with van der Waals surface area (Å²) in [6, 6.07) is 0. The number of ether oxygens (including phenoxy) is 4. The van der Waals surface area contributed by atoms with Crippen molar-refractivity contribution in [3.8, 4) is 0 Å². The lowest BCUT2D eigenvalue weighted by atomic mass is 10.0. The summed E-state index contributed by atoms with van der Waals surface area (Å²) in [5, 5.41) is 10.6. The van der Waals surface area contributed by atoms with Gasteiger partial charge in [-0.3, -0.25) is 37.3 Å². The molecule has 0 aromatic heterocycles. The maximum absolute atomic E-state index is 13.1. The highest BCUT2D eigenvalue weighted by Gasteiger charge is 2.30. The van der Waals surface area contributed by atoms with E-state index in [0.717, 1.165) is 108 Å². The molecule has 0 aliphatic carbocycles. The predicted molar refractivity (Wildman–Crippen MR) is 400 cm³/mol. The van der Waals surface area contributed by atoms with Gasteiger partial charge in [0.15, 0.2) is 12.2 Å². The Morgan fingerprint density at radius 2 is 0.469 bits per heavy atom. The first kappa shape index (κ1) is 96.1. The van der Waals surface area contributed by atoms with Gasteiger partial charge >= 0.3 is 39.5 Å². The summed E-state index contributed by atoms with van der Waals surface area (Å²) in [7, 11) is -9.92. The fourth-order valence-electron chi connectivity index (χ4n) is 12.1. The van der Waals surface area contributed by atoms with Crippen molar-refractivity contribution in [1.82, 2.24) is 0 Å². The molecule has 0 saturated heterocycles. The van der Waals surface area contributed by atoms with Gasteiger partial charge in [0.25, 0.3) is 0 Å². The average Bonchev–Trinajstić information content (AvgIpc) is 0.956. The van der Waals surface area contributed by atoms with Crippen molar-refractivity contribution in [1.29, 1.82) is 0 Å². The molecule has 0 aromatic rings. The van der Waals surface area contributed by atoms with E-state index in [0.29, 0.717) is 31.6 Å². The van der Waals surface area contributed by atoms with Crippen molar-refractivity contribution in [3.63, 3.8) is 0 Å². The number of carbonyl (C=O) groups excluding carboxylic acids is 4. The van der Waals surface area contributed by atoms with E-state index < -0.39 is 97.5 Å². The molecule has 0 bridgehead atoms. The van der Waals surface area contributed by atoms with Crippen LogP contribution in [0.1, 0.15) is 408 Å². The normalized spacial score (nSPS) is 14.0. The minimum atomic E-state index is -4.96. The van der Waals surface area contributed by atoms with E-state index in [4.69, 9.17) is 37.0 Å². The molecule has 0 aliphatic heterocycles. The standard InChI is InChI=1S/C79H154O17P2/c1-8-9-10-11-12-13-14-15-16-17-22-28-33-40-48-55-62-79(84)96-75(67-90-77(82)61-54-47-42-35-38-45-52-59-72(6)7)69-94-98(87,88)92-65-73(80)64-91-97(85,86)93-68-74(95-78(83)63-56-49-41-34-29-24-19-21-26-31-37-44-51-58-71(4)5)66-89-76(81)60-53-46-39-32-27-23-18-20-25-30-36-43-50-57-70(2)3/h70-75,80H,8-69H2,1-7H3,(H,85,86)(H,87,88)/t73-,74-,75-/m1/s1. The number of carbonyl (C=O) groups is 4. The summed E-state index contributed by atoms with van der Waals surface area (Å²) in [4.78, 5) is 73.0. The predicted octanol–water partition coefficient (Wildman–Crippen LogP) is 23.4. The fourth-order valence-corrected chi connectivity index (χ4v) is 13.7. The summed E-state index contributed by atoms with van der Waals surface area (Å²) in [6.07, 6.45) is 56.9. The largest absolute Gasteiger partial charge is 0.472 e. The van der Waals surface area contributed by atoms with Gasteiger partial charge in [0, 0.05) is 25.7 Å². The Labute approximate surface area is 600 Å². The number of phosphoric acid groups is 2. The van der Waals surface area contributed by atoms with E-state index in [1.807, 2.05) is 0 Å². The van der Waals surface area contributed by atoms with E-state index in [-0.39, 0.29) is 25.7 Å². The number of aliphatic hydroxyl groups is 1. The highest BCUT2D eigenvalue weighted by molar-refractivity contribution is 7.47. The van der Waals surface area contributed by atoms with E-state index in [2.05, 4.69) is 48.5 Å². The Balaban J connectivity index is 5.25. The zero-order valence-electron chi connectivity index (χ0n) is 64.3. The van der Waals surface area contributed by atoms with Crippen LogP contribution in [0.4, 0.5) is 0 Å². The van der Waals surface area contributed by atoms with Crippen LogP contribution in [0.2, 0.25) is 0 Å². The molecule has 0 aromatic carbocycles. The molecule has 0 saturated carbocycles. The second-order valence-corrected chi connectivity index (χ2v) is 32.8. The summed E-state index contributed by atoms with van der Waals surface area (Å²) in [5.74, 6) is 0.170. The van der Waals surface area contributed by atoms with Crippen LogP contribution in [0, 0.1) is 17.8 Å². The van der Waals surface area contributed by atoms with Crippen LogP contribution in [-0.4, -0.2) is 96.7 Å². The molecule has 0 rings (SSSR count). The first-order valence-corrected chi connectivity index (χ1v) is 43.8. The van der Waals surface area contributed by atoms with Gasteiger partial charge in [0.2, 0.25) is 0 Å². The smallest absolute Gasteiger partial charge is 0.462 e. The van der Waals surface area contributed by atoms with Gasteiger partial charge < -0.3 is 33.8 Å². The minimum absolute atomic E-state index is 0.107. The number of esters is 4. The molecule has 5 atom stereocenters. The van der Waals surface area contributed by atoms with Gasteiger partial charge in [-0.15, -0.1) is 0 Å². The summed E-state index contributed by atoms with van der Waals surface area (Å²) in [5.41, 5.74) is 0. The molecule has 582 valence electrons. The van der Waals surface area contributed by atoms with Gasteiger partial charge in [-0.2, -0.15) is 0 Å². The van der Waals surface area contributed by atoms with Crippen molar-refractivity contribution in [3.05, 3.63) is 0 Å². The number of hydrogen-bond acceptors (Lipinski definition) is 15. The molecule has 3 N–H and O–H groups in total. The van der Waals surface area contributed by atoms with Crippen molar-refractivity contribution >= 4 is 39.5 Å². The highest BCUT2D eigenvalue weighted by atomic mass is 31.2. The van der Waals surface area contributed by atoms with Crippen molar-refractivity contribution in [2.75, 3.05) is 39.6 Å². The van der Waals surface area contributed by atoms with Crippen LogP contribution >= 0.6 is 15.6 Å². The zero-order valence-corrected chi connectivity index (χ0v) is 66.0. The van der Waals surface area contributed by atoms with Crippen molar-refractivity contribution in [2.45, 2.75) is 426 Å². The second kappa shape index (κ2) is 69.4. The third kappa shape index (κ3) is 72.4. The van der Waals surface area contributed by atoms with Crippen molar-refractivity contribution < 1.29 is 80.2 Å². The summed E-state index contributed by atoms with van der Waals surface area (Å²) in [6.45, 7) is 11.9. The number of rotatable bonds is 77. The van der Waals surface area contributed by atoms with Crippen LogP contribution in [0.25, 0.3) is 0 Å². The molecule has 17 nitrogen and oxygen atoms in total. The average molecular weight is 1440 g/mol. The number of phosphoric ester groups is 2. The maximum atomic E-state index is 13.1. The van der Waals surface area contributed by atoms with E-state index in [9.17, 15) is 43.2 Å². The number of hydrogen-bond donors (Lipinski definition) is 3. The molecule has 0 amide bonds. The van der Waals surface area contributed by atoms with Crippen LogP contribution in [0.3, 0.4) is 0 Å². The van der Waals surface area contributed by atoms with Crippen molar-refractivity contribution in [2.24, 2.45) is 17.8 Å². The Kier molecular flexibility index (Phi) is 68.1. The third-order valence-electron chi connectivity index (χ3n) is 18.4. The quantitative estimate of drug-likeness (QED) is 0.0222. The molecule has 98 heavy (non-hydrogen) atoms. The van der Waals surface area contributed by atoms with Crippen LogP contribution < -0.4 is 0 Å².